The molecule has 4 nitrogen and oxygen atoms in total. The topological polar surface area (TPSA) is 74.9 Å². The minimum absolute atomic E-state index is 0.177. The van der Waals surface area contributed by atoms with Gasteiger partial charge in [-0.2, -0.15) is 18.3 Å². The van der Waals surface area contributed by atoms with Gasteiger partial charge in [0.05, 0.1) is 22.9 Å². The van der Waals surface area contributed by atoms with Crippen molar-refractivity contribution in [3.05, 3.63) is 29.5 Å². The molecular weight excluding hydrogens is 247 g/mol. The van der Waals surface area contributed by atoms with E-state index in [2.05, 4.69) is 10.2 Å². The number of aromatic nitrogens is 2. The summed E-state index contributed by atoms with van der Waals surface area (Å²) >= 11 is 0. The minimum atomic E-state index is -4.40. The van der Waals surface area contributed by atoms with Crippen LogP contribution in [0.25, 0.3) is 10.9 Å². The number of aromatic amines is 1. The molecule has 7 heteroatoms. The van der Waals surface area contributed by atoms with Crippen molar-refractivity contribution in [3.8, 4) is 0 Å². The molecule has 1 atom stereocenters. The molecule has 4 N–H and O–H groups in total. The van der Waals surface area contributed by atoms with E-state index < -0.39 is 17.8 Å². The fourth-order valence-electron chi connectivity index (χ4n) is 1.77. The van der Waals surface area contributed by atoms with E-state index in [9.17, 15) is 18.3 Å². The second-order valence-electron chi connectivity index (χ2n) is 3.96. The molecule has 2 rings (SSSR count). The Morgan fingerprint density at radius 2 is 2.11 bits per heavy atom. The van der Waals surface area contributed by atoms with Gasteiger partial charge in [0.1, 0.15) is 0 Å². The second kappa shape index (κ2) is 4.58. The van der Waals surface area contributed by atoms with E-state index in [-0.39, 0.29) is 12.1 Å². The molecule has 1 unspecified atom stereocenters. The second-order valence-corrected chi connectivity index (χ2v) is 3.96. The predicted octanol–water partition coefficient (Wildman–Crippen LogP) is 1.96. The van der Waals surface area contributed by atoms with Gasteiger partial charge in [0.25, 0.3) is 0 Å². The Hall–Kier alpha value is -1.60. The van der Waals surface area contributed by atoms with Gasteiger partial charge in [0.15, 0.2) is 0 Å². The van der Waals surface area contributed by atoms with E-state index in [1.54, 1.807) is 0 Å². The number of hydrogen-bond acceptors (Lipinski definition) is 3. The maximum atomic E-state index is 12.5. The third kappa shape index (κ3) is 2.32. The lowest BCUT2D eigenvalue weighted by Gasteiger charge is -2.08. The van der Waals surface area contributed by atoms with Crippen LogP contribution in [0.4, 0.5) is 13.2 Å². The fourth-order valence-corrected chi connectivity index (χ4v) is 1.77. The van der Waals surface area contributed by atoms with Crippen molar-refractivity contribution in [1.82, 2.24) is 10.2 Å². The van der Waals surface area contributed by atoms with Crippen LogP contribution in [0, 0.1) is 0 Å². The lowest BCUT2D eigenvalue weighted by atomic mass is 10.1. The third-order valence-corrected chi connectivity index (χ3v) is 2.69. The Morgan fingerprint density at radius 1 is 1.39 bits per heavy atom. The molecule has 2 aromatic rings. The highest BCUT2D eigenvalue weighted by atomic mass is 19.4. The number of nitrogens with zero attached hydrogens (tertiary/aromatic N) is 1. The number of H-pyrrole nitrogens is 1. The number of alkyl halides is 3. The number of aliphatic hydroxyl groups is 1. The molecular formula is C11H12F3N3O. The van der Waals surface area contributed by atoms with E-state index in [1.165, 1.54) is 6.07 Å². The highest BCUT2D eigenvalue weighted by molar-refractivity contribution is 5.82. The summed E-state index contributed by atoms with van der Waals surface area (Å²) < 4.78 is 37.5. The SMILES string of the molecule is NCCC(O)c1[nH]nc2cc(C(F)(F)F)ccc12. The summed E-state index contributed by atoms with van der Waals surface area (Å²) in [6.45, 7) is 0.280. The predicted molar refractivity (Wildman–Crippen MR) is 59.7 cm³/mol. The Labute approximate surface area is 101 Å². The van der Waals surface area contributed by atoms with Gasteiger partial charge in [-0.15, -0.1) is 0 Å². The smallest absolute Gasteiger partial charge is 0.387 e. The number of fused-ring (bicyclic) bond motifs is 1. The first-order valence-electron chi connectivity index (χ1n) is 5.37. The molecule has 18 heavy (non-hydrogen) atoms. The standard InChI is InChI=1S/C11H12F3N3O/c12-11(13,14)6-1-2-7-8(5-6)16-17-10(7)9(18)3-4-15/h1-2,5,9,18H,3-4,15H2,(H,16,17). The number of halogens is 3. The zero-order chi connectivity index (χ0) is 13.3. The number of benzene rings is 1. The Bertz CT molecular complexity index is 550. The summed E-state index contributed by atoms with van der Waals surface area (Å²) in [5.74, 6) is 0. The lowest BCUT2D eigenvalue weighted by Crippen LogP contribution is -2.07. The monoisotopic (exact) mass is 259 g/mol. The highest BCUT2D eigenvalue weighted by Gasteiger charge is 2.31. The molecule has 0 saturated carbocycles. The van der Waals surface area contributed by atoms with Crippen LogP contribution in [0.2, 0.25) is 0 Å². The molecule has 1 heterocycles. The van der Waals surface area contributed by atoms with Crippen molar-refractivity contribution in [1.29, 1.82) is 0 Å². The average molecular weight is 259 g/mol. The molecule has 98 valence electrons. The van der Waals surface area contributed by atoms with Crippen LogP contribution in [0.15, 0.2) is 18.2 Å². The van der Waals surface area contributed by atoms with E-state index in [4.69, 9.17) is 5.73 Å². The van der Waals surface area contributed by atoms with E-state index >= 15 is 0 Å². The quantitative estimate of drug-likeness (QED) is 0.788. The summed E-state index contributed by atoms with van der Waals surface area (Å²) in [6, 6.07) is 3.22. The van der Waals surface area contributed by atoms with E-state index in [1.807, 2.05) is 0 Å². The fraction of sp³-hybridized carbons (Fsp3) is 0.364. The van der Waals surface area contributed by atoms with Crippen LogP contribution in [0.1, 0.15) is 23.8 Å². The zero-order valence-corrected chi connectivity index (χ0v) is 9.33. The van der Waals surface area contributed by atoms with E-state index in [0.717, 1.165) is 12.1 Å². The third-order valence-electron chi connectivity index (χ3n) is 2.69. The van der Waals surface area contributed by atoms with Crippen molar-refractivity contribution in [2.24, 2.45) is 5.73 Å². The van der Waals surface area contributed by atoms with Gasteiger partial charge >= 0.3 is 6.18 Å². The summed E-state index contributed by atoms with van der Waals surface area (Å²) in [4.78, 5) is 0. The van der Waals surface area contributed by atoms with Gasteiger partial charge in [0.2, 0.25) is 0 Å². The first-order chi connectivity index (χ1) is 8.43. The number of nitrogens with one attached hydrogen (secondary N) is 1. The van der Waals surface area contributed by atoms with Crippen molar-refractivity contribution >= 4 is 10.9 Å². The normalized spacial score (nSPS) is 14.1. The van der Waals surface area contributed by atoms with E-state index in [0.29, 0.717) is 17.5 Å². The molecule has 0 radical (unpaired) electrons. The first-order valence-corrected chi connectivity index (χ1v) is 5.37. The van der Waals surface area contributed by atoms with Crippen LogP contribution in [-0.4, -0.2) is 21.8 Å². The summed E-state index contributed by atoms with van der Waals surface area (Å²) in [5, 5.41) is 16.6. The van der Waals surface area contributed by atoms with Gasteiger partial charge in [-0.1, -0.05) is 6.07 Å². The maximum absolute atomic E-state index is 12.5. The summed E-state index contributed by atoms with van der Waals surface area (Å²) in [6.07, 6.45) is -4.93. The Balaban J connectivity index is 2.44. The van der Waals surface area contributed by atoms with Crippen molar-refractivity contribution < 1.29 is 18.3 Å². The minimum Gasteiger partial charge on any atom is -0.387 e. The summed E-state index contributed by atoms with van der Waals surface area (Å²) in [7, 11) is 0. The molecule has 0 spiro atoms. The molecule has 0 aliphatic heterocycles. The van der Waals surface area contributed by atoms with Crippen molar-refractivity contribution in [2.75, 3.05) is 6.54 Å². The molecule has 0 saturated heterocycles. The number of rotatable bonds is 3. The van der Waals surface area contributed by atoms with Gasteiger partial charge < -0.3 is 10.8 Å². The average Bonchev–Trinajstić information content (AvgIpc) is 2.70. The first kappa shape index (κ1) is 12.8. The molecule has 0 aliphatic rings. The molecule has 1 aromatic carbocycles. The molecule has 0 bridgehead atoms. The van der Waals surface area contributed by atoms with Crippen LogP contribution in [0.3, 0.4) is 0 Å². The molecule has 0 amide bonds. The Kier molecular flexibility index (Phi) is 3.27. The van der Waals surface area contributed by atoms with Gasteiger partial charge in [-0.3, -0.25) is 5.10 Å². The largest absolute Gasteiger partial charge is 0.416 e. The molecule has 1 aromatic heterocycles. The zero-order valence-electron chi connectivity index (χ0n) is 9.33. The maximum Gasteiger partial charge on any atom is 0.416 e. The lowest BCUT2D eigenvalue weighted by molar-refractivity contribution is -0.137. The van der Waals surface area contributed by atoms with Crippen LogP contribution in [-0.2, 0) is 6.18 Å². The van der Waals surface area contributed by atoms with Crippen LogP contribution in [0.5, 0.6) is 0 Å². The van der Waals surface area contributed by atoms with Crippen LogP contribution >= 0.6 is 0 Å². The number of aliphatic hydroxyl groups excluding tert-OH is 1. The van der Waals surface area contributed by atoms with Crippen molar-refractivity contribution in [2.45, 2.75) is 18.7 Å². The Morgan fingerprint density at radius 3 is 2.72 bits per heavy atom. The molecule has 0 fully saturated rings. The van der Waals surface area contributed by atoms with Gasteiger partial charge in [-0.05, 0) is 25.1 Å². The van der Waals surface area contributed by atoms with Crippen LogP contribution < -0.4 is 5.73 Å². The van der Waals surface area contributed by atoms with Crippen molar-refractivity contribution in [3.63, 3.8) is 0 Å². The number of nitrogens with two attached hydrogens (primary N) is 1. The summed E-state index contributed by atoms with van der Waals surface area (Å²) in [5.41, 5.74) is 5.12. The van der Waals surface area contributed by atoms with Gasteiger partial charge in [0, 0.05) is 5.39 Å². The highest BCUT2D eigenvalue weighted by Crippen LogP contribution is 2.32. The molecule has 0 aliphatic carbocycles. The van der Waals surface area contributed by atoms with Gasteiger partial charge in [-0.25, -0.2) is 0 Å². The number of hydrogen-bond donors (Lipinski definition) is 3.